The second kappa shape index (κ2) is 19.9. The number of hydrogen-bond acceptors (Lipinski definition) is 1. The summed E-state index contributed by atoms with van der Waals surface area (Å²) in [5.74, 6) is 1.57. The Morgan fingerprint density at radius 3 is 0.682 bits per heavy atom. The summed E-state index contributed by atoms with van der Waals surface area (Å²) in [6.45, 7) is 0. The molecule has 5 heterocycles. The van der Waals surface area contributed by atoms with Crippen molar-refractivity contribution in [3.05, 3.63) is 322 Å². The third kappa shape index (κ3) is 7.38. The summed E-state index contributed by atoms with van der Waals surface area (Å²) >= 11 is 0. The van der Waals surface area contributed by atoms with Crippen LogP contribution in [0.1, 0.15) is 0 Å². The van der Waals surface area contributed by atoms with E-state index in [9.17, 15) is 0 Å². The van der Waals surface area contributed by atoms with Crippen molar-refractivity contribution in [1.29, 1.82) is 0 Å². The second-order valence-electron chi connectivity index (χ2n) is 22.9. The number of para-hydroxylation sites is 4. The quantitative estimate of drug-likeness (QED) is 0.142. The van der Waals surface area contributed by atoms with E-state index in [0.29, 0.717) is 0 Å². The van der Waals surface area contributed by atoms with Gasteiger partial charge in [-0.15, -0.1) is 0 Å². The normalized spacial score (nSPS) is 11.9. The van der Waals surface area contributed by atoms with Gasteiger partial charge in [0.2, 0.25) is 0 Å². The molecule has 0 unspecified atom stereocenters. The Morgan fingerprint density at radius 1 is 0.182 bits per heavy atom. The Kier molecular flexibility index (Phi) is 11.2. The molecule has 18 aromatic rings. The van der Waals surface area contributed by atoms with Crippen LogP contribution < -0.4 is 0 Å². The van der Waals surface area contributed by atoms with E-state index in [1.54, 1.807) is 0 Å². The fraction of sp³-hybridized carbons (Fsp3) is 0. The highest BCUT2D eigenvalue weighted by Gasteiger charge is 2.34. The third-order valence-corrected chi connectivity index (χ3v) is 18.2. The number of pyridine rings is 1. The van der Waals surface area contributed by atoms with E-state index in [1.165, 1.54) is 0 Å². The van der Waals surface area contributed by atoms with Gasteiger partial charge in [-0.1, -0.05) is 273 Å². The van der Waals surface area contributed by atoms with Crippen molar-refractivity contribution in [3.63, 3.8) is 0 Å². The molecule has 0 saturated heterocycles. The van der Waals surface area contributed by atoms with E-state index < -0.39 is 0 Å². The summed E-state index contributed by atoms with van der Waals surface area (Å²) in [7, 11) is 0. The van der Waals surface area contributed by atoms with Crippen LogP contribution in [-0.2, 0) is 0 Å². The average Bonchev–Trinajstić information content (AvgIpc) is 1.51. The molecule has 88 heavy (non-hydrogen) atoms. The molecule has 5 aromatic heterocycles. The summed E-state index contributed by atoms with van der Waals surface area (Å²) in [4.78, 5) is 6.68. The minimum Gasteiger partial charge on any atom is -0.305 e. The van der Waals surface area contributed by atoms with E-state index in [4.69, 9.17) is 4.98 Å². The molecule has 5 nitrogen and oxygen atoms in total. The van der Waals surface area contributed by atoms with Crippen LogP contribution in [0.2, 0.25) is 0 Å². The minimum atomic E-state index is 0.786. The minimum absolute atomic E-state index is 0.786. The highest BCUT2D eigenvalue weighted by atomic mass is 15.2. The van der Waals surface area contributed by atoms with Gasteiger partial charge in [-0.2, -0.15) is 0 Å². The number of nitrogens with zero attached hydrogens (tertiary/aromatic N) is 5. The number of benzene rings is 13. The second-order valence-corrected chi connectivity index (χ2v) is 22.9. The molecule has 5 heteroatoms. The number of aromatic nitrogens is 5. The zero-order chi connectivity index (χ0) is 57.8. The molecule has 410 valence electrons. The molecule has 0 aliphatic rings. The van der Waals surface area contributed by atoms with E-state index in [1.807, 2.05) is 0 Å². The van der Waals surface area contributed by atoms with Gasteiger partial charge in [0, 0.05) is 48.7 Å². The first kappa shape index (κ1) is 49.6. The van der Waals surface area contributed by atoms with Crippen molar-refractivity contribution in [2.24, 2.45) is 0 Å². The average molecular weight is 1120 g/mol. The van der Waals surface area contributed by atoms with Crippen molar-refractivity contribution in [2.75, 3.05) is 0 Å². The maximum Gasteiger partial charge on any atom is 0.165 e. The lowest BCUT2D eigenvalue weighted by Crippen LogP contribution is -2.16. The zero-order valence-corrected chi connectivity index (χ0v) is 47.8. The molecule has 0 spiro atoms. The molecule has 0 amide bonds. The highest BCUT2D eigenvalue weighted by molar-refractivity contribution is 6.23. The Morgan fingerprint density at radius 2 is 0.409 bits per heavy atom. The zero-order valence-electron chi connectivity index (χ0n) is 47.8. The predicted octanol–water partition coefficient (Wildman–Crippen LogP) is 21.8. The molecular formula is C83H53N5. The summed E-state index contributed by atoms with van der Waals surface area (Å²) in [5.41, 5.74) is 21.7. The van der Waals surface area contributed by atoms with Crippen molar-refractivity contribution in [2.45, 2.75) is 0 Å². The van der Waals surface area contributed by atoms with Gasteiger partial charge in [0.15, 0.2) is 11.6 Å². The van der Waals surface area contributed by atoms with Gasteiger partial charge in [-0.05, 0) is 98.6 Å². The highest BCUT2D eigenvalue weighted by Crippen LogP contribution is 2.52. The smallest absolute Gasteiger partial charge is 0.165 e. The van der Waals surface area contributed by atoms with Crippen molar-refractivity contribution in [3.8, 4) is 78.6 Å². The predicted molar refractivity (Wildman–Crippen MR) is 369 cm³/mol. The van der Waals surface area contributed by atoms with Gasteiger partial charge in [0.05, 0.1) is 44.1 Å². The lowest BCUT2D eigenvalue weighted by Gasteiger charge is -2.27. The molecule has 13 aromatic carbocycles. The van der Waals surface area contributed by atoms with Crippen LogP contribution in [0.25, 0.3) is 166 Å². The fourth-order valence-electron chi connectivity index (χ4n) is 14.6. The Balaban J connectivity index is 1.14. The monoisotopic (exact) mass is 1120 g/mol. The molecule has 0 aliphatic carbocycles. The van der Waals surface area contributed by atoms with Crippen molar-refractivity contribution < 1.29 is 0 Å². The van der Waals surface area contributed by atoms with Gasteiger partial charge in [0.1, 0.15) is 11.4 Å². The van der Waals surface area contributed by atoms with Crippen LogP contribution in [0.15, 0.2) is 322 Å². The summed E-state index contributed by atoms with van der Waals surface area (Å²) in [5, 5.41) is 9.27. The number of fused-ring (bicyclic) bond motifs is 12. The van der Waals surface area contributed by atoms with E-state index in [0.717, 1.165) is 166 Å². The summed E-state index contributed by atoms with van der Waals surface area (Å²) in [6, 6.07) is 118. The Hall–Kier alpha value is -11.8. The van der Waals surface area contributed by atoms with Crippen LogP contribution in [0.5, 0.6) is 0 Å². The maximum atomic E-state index is 6.68. The van der Waals surface area contributed by atoms with Crippen molar-refractivity contribution >= 4 is 87.2 Å². The van der Waals surface area contributed by atoms with E-state index in [2.05, 4.69) is 340 Å². The lowest BCUT2D eigenvalue weighted by molar-refractivity contribution is 0.961. The molecule has 0 bridgehead atoms. The van der Waals surface area contributed by atoms with E-state index >= 15 is 0 Å². The van der Waals surface area contributed by atoms with Gasteiger partial charge in [-0.3, -0.25) is 9.13 Å². The SMILES string of the molecule is c1ccc(-c2c(-n3c4ccccc4c4ccccc43)c(-n3c4cccc(-c5ccccc5)c4c4c(-c5ccccc5)cccc43)nc(-n3c4cccc(-c5ccccc5)c4c4c(-c5ccccc5)cccc43)c2-n2c3ccccc3c3ccccc32)cc1. The van der Waals surface area contributed by atoms with Crippen LogP contribution in [0, 0.1) is 0 Å². The van der Waals surface area contributed by atoms with Crippen molar-refractivity contribution in [1.82, 2.24) is 23.3 Å². The molecule has 0 atom stereocenters. The largest absolute Gasteiger partial charge is 0.305 e. The number of hydrogen-bond donors (Lipinski definition) is 0. The van der Waals surface area contributed by atoms with Crippen LogP contribution in [-0.4, -0.2) is 23.3 Å². The van der Waals surface area contributed by atoms with Gasteiger partial charge in [0.25, 0.3) is 0 Å². The van der Waals surface area contributed by atoms with Gasteiger partial charge < -0.3 is 9.13 Å². The molecule has 0 aliphatic heterocycles. The molecular weight excluding hydrogens is 1070 g/mol. The molecule has 0 saturated carbocycles. The first-order chi connectivity index (χ1) is 43.8. The van der Waals surface area contributed by atoms with Gasteiger partial charge in [-0.25, -0.2) is 4.98 Å². The van der Waals surface area contributed by atoms with Crippen LogP contribution in [0.4, 0.5) is 0 Å². The standard InChI is InChI=1S/C83H53N5/c1-6-28-54(29-7-1)59-42-24-50-71-76(59)77-60(55-30-8-2-9-31-55)43-25-51-72(77)87(71)82-80(85-67-46-20-16-38-63(67)64-39-17-21-47-68(64)85)75(58-36-14-5-15-37-58)81(86-69-48-22-18-40-65(69)66-41-19-23-49-70(66)86)83(84-82)88-73-52-26-44-61(56-32-10-3-11-33-56)78(73)79-62(45-27-53-74(79)88)57-34-12-4-13-35-57/h1-53H. The van der Waals surface area contributed by atoms with E-state index in [-0.39, 0.29) is 0 Å². The summed E-state index contributed by atoms with van der Waals surface area (Å²) in [6.07, 6.45) is 0. The fourth-order valence-corrected chi connectivity index (χ4v) is 14.6. The first-order valence-corrected chi connectivity index (χ1v) is 30.2. The molecule has 0 N–H and O–H groups in total. The molecule has 18 rings (SSSR count). The first-order valence-electron chi connectivity index (χ1n) is 30.2. The molecule has 0 fully saturated rings. The third-order valence-electron chi connectivity index (χ3n) is 18.2. The van der Waals surface area contributed by atoms with Crippen LogP contribution in [0.3, 0.4) is 0 Å². The Labute approximate surface area is 507 Å². The summed E-state index contributed by atoms with van der Waals surface area (Å²) < 4.78 is 10.1. The topological polar surface area (TPSA) is 32.6 Å². The number of rotatable bonds is 9. The maximum absolute atomic E-state index is 6.68. The van der Waals surface area contributed by atoms with Gasteiger partial charge >= 0.3 is 0 Å². The van der Waals surface area contributed by atoms with Crippen LogP contribution >= 0.6 is 0 Å². The lowest BCUT2D eigenvalue weighted by atomic mass is 9.95. The Bertz CT molecular complexity index is 5140. The molecule has 0 radical (unpaired) electrons.